The number of ether oxygens (including phenoxy) is 1. The van der Waals surface area contributed by atoms with Crippen molar-refractivity contribution in [1.82, 2.24) is 4.90 Å². The van der Waals surface area contributed by atoms with Crippen LogP contribution in [-0.2, 0) is 11.2 Å². The van der Waals surface area contributed by atoms with Gasteiger partial charge in [0.25, 0.3) is 0 Å². The van der Waals surface area contributed by atoms with Crippen LogP contribution in [0.2, 0.25) is 0 Å². The average molecular weight is 355 g/mol. The fraction of sp³-hybridized carbons (Fsp3) is 0.562. The average Bonchev–Trinajstić information content (AvgIpc) is 2.80. The highest BCUT2D eigenvalue weighted by atomic mass is 79.9. The predicted molar refractivity (Wildman–Crippen MR) is 88.2 cm³/mol. The predicted octanol–water partition coefficient (Wildman–Crippen LogP) is 3.97. The summed E-state index contributed by atoms with van der Waals surface area (Å²) in [5, 5.41) is 0. The Balaban J connectivity index is 2.05. The van der Waals surface area contributed by atoms with Crippen molar-refractivity contribution in [3.63, 3.8) is 0 Å². The molecular weight excluding hydrogens is 332 g/mol. The van der Waals surface area contributed by atoms with Gasteiger partial charge in [0.15, 0.2) is 0 Å². The molecule has 0 aliphatic carbocycles. The largest absolute Gasteiger partial charge is 0.444 e. The summed E-state index contributed by atoms with van der Waals surface area (Å²) in [5.41, 5.74) is 7.35. The number of amides is 1. The van der Waals surface area contributed by atoms with Crippen LogP contribution in [0.4, 0.5) is 10.5 Å². The summed E-state index contributed by atoms with van der Waals surface area (Å²) in [6.45, 7) is 6.45. The van der Waals surface area contributed by atoms with Gasteiger partial charge in [0, 0.05) is 22.7 Å². The SMILES string of the molecule is CC(C)(C)OC(=O)N1CCCC1Cc1ccc(Br)c(N)c1. The number of hydrogen-bond acceptors (Lipinski definition) is 3. The fourth-order valence-electron chi connectivity index (χ4n) is 2.60. The van der Waals surface area contributed by atoms with E-state index >= 15 is 0 Å². The molecule has 0 spiro atoms. The lowest BCUT2D eigenvalue weighted by Crippen LogP contribution is -2.40. The van der Waals surface area contributed by atoms with Crippen molar-refractivity contribution in [2.45, 2.75) is 51.7 Å². The van der Waals surface area contributed by atoms with Gasteiger partial charge in [-0.3, -0.25) is 0 Å². The zero-order valence-electron chi connectivity index (χ0n) is 12.9. The number of likely N-dealkylation sites (tertiary alicyclic amines) is 1. The van der Waals surface area contributed by atoms with Gasteiger partial charge >= 0.3 is 6.09 Å². The Labute approximate surface area is 134 Å². The minimum Gasteiger partial charge on any atom is -0.444 e. The van der Waals surface area contributed by atoms with E-state index in [0.29, 0.717) is 0 Å². The lowest BCUT2D eigenvalue weighted by molar-refractivity contribution is 0.0227. The van der Waals surface area contributed by atoms with Crippen molar-refractivity contribution >= 4 is 27.7 Å². The van der Waals surface area contributed by atoms with Crippen LogP contribution in [0.1, 0.15) is 39.2 Å². The Morgan fingerprint density at radius 3 is 2.81 bits per heavy atom. The minimum absolute atomic E-state index is 0.195. The smallest absolute Gasteiger partial charge is 0.410 e. The number of rotatable bonds is 2. The van der Waals surface area contributed by atoms with Gasteiger partial charge in [0.1, 0.15) is 5.60 Å². The topological polar surface area (TPSA) is 55.6 Å². The maximum absolute atomic E-state index is 12.3. The number of nitrogens with zero attached hydrogens (tertiary/aromatic N) is 1. The Hall–Kier alpha value is -1.23. The van der Waals surface area contributed by atoms with Gasteiger partial charge in [-0.25, -0.2) is 4.79 Å². The van der Waals surface area contributed by atoms with Crippen LogP contribution in [0.25, 0.3) is 0 Å². The first-order valence-corrected chi connectivity index (χ1v) is 8.09. The minimum atomic E-state index is -0.452. The van der Waals surface area contributed by atoms with E-state index in [9.17, 15) is 4.79 Å². The number of nitrogen functional groups attached to an aromatic ring is 1. The molecule has 0 radical (unpaired) electrons. The van der Waals surface area contributed by atoms with Crippen molar-refractivity contribution in [3.05, 3.63) is 28.2 Å². The third-order valence-electron chi connectivity index (χ3n) is 3.54. The number of benzene rings is 1. The molecule has 1 unspecified atom stereocenters. The van der Waals surface area contributed by atoms with E-state index in [1.807, 2.05) is 43.9 Å². The van der Waals surface area contributed by atoms with Crippen molar-refractivity contribution in [3.8, 4) is 0 Å². The highest BCUT2D eigenvalue weighted by Crippen LogP contribution is 2.26. The fourth-order valence-corrected chi connectivity index (χ4v) is 2.85. The molecule has 2 rings (SSSR count). The van der Waals surface area contributed by atoms with Crippen molar-refractivity contribution in [1.29, 1.82) is 0 Å². The molecule has 1 aliphatic rings. The zero-order chi connectivity index (χ0) is 15.6. The van der Waals surface area contributed by atoms with Crippen LogP contribution < -0.4 is 5.73 Å². The second kappa shape index (κ2) is 6.26. The van der Waals surface area contributed by atoms with E-state index in [1.165, 1.54) is 0 Å². The maximum atomic E-state index is 12.3. The Bertz CT molecular complexity index is 525. The van der Waals surface area contributed by atoms with E-state index in [2.05, 4.69) is 15.9 Å². The standard InChI is InChI=1S/C16H23BrN2O2/c1-16(2,3)21-15(20)19-8-4-5-12(19)9-11-6-7-13(17)14(18)10-11/h6-7,10,12H,4-5,8-9,18H2,1-3H3. The lowest BCUT2D eigenvalue weighted by Gasteiger charge is -2.28. The molecule has 1 amide bonds. The summed E-state index contributed by atoms with van der Waals surface area (Å²) in [5.74, 6) is 0. The highest BCUT2D eigenvalue weighted by molar-refractivity contribution is 9.10. The molecule has 21 heavy (non-hydrogen) atoms. The Kier molecular flexibility index (Phi) is 4.81. The molecule has 5 heteroatoms. The van der Waals surface area contributed by atoms with Crippen molar-refractivity contribution in [2.24, 2.45) is 0 Å². The van der Waals surface area contributed by atoms with Crippen LogP contribution in [0, 0.1) is 0 Å². The maximum Gasteiger partial charge on any atom is 0.410 e. The molecular formula is C16H23BrN2O2. The molecule has 1 aliphatic heterocycles. The van der Waals surface area contributed by atoms with E-state index < -0.39 is 5.60 Å². The van der Waals surface area contributed by atoms with Gasteiger partial charge in [-0.1, -0.05) is 6.07 Å². The summed E-state index contributed by atoms with van der Waals surface area (Å²) >= 11 is 3.40. The Morgan fingerprint density at radius 2 is 2.19 bits per heavy atom. The number of nitrogens with two attached hydrogens (primary N) is 1. The lowest BCUT2D eigenvalue weighted by atomic mass is 10.0. The number of hydrogen-bond donors (Lipinski definition) is 1. The van der Waals surface area contributed by atoms with E-state index in [0.717, 1.165) is 41.5 Å². The summed E-state index contributed by atoms with van der Waals surface area (Å²) in [7, 11) is 0. The highest BCUT2D eigenvalue weighted by Gasteiger charge is 2.32. The van der Waals surface area contributed by atoms with Crippen LogP contribution in [0.3, 0.4) is 0 Å². The summed E-state index contributed by atoms with van der Waals surface area (Å²) in [6, 6.07) is 6.17. The molecule has 2 N–H and O–H groups in total. The first-order valence-electron chi connectivity index (χ1n) is 7.30. The number of halogens is 1. The molecule has 1 aromatic carbocycles. The van der Waals surface area contributed by atoms with Gasteiger partial charge in [0.05, 0.1) is 0 Å². The van der Waals surface area contributed by atoms with Gasteiger partial charge in [0.2, 0.25) is 0 Å². The second-order valence-corrected chi connectivity index (χ2v) is 7.38. The number of anilines is 1. The third-order valence-corrected chi connectivity index (χ3v) is 4.26. The Morgan fingerprint density at radius 1 is 1.48 bits per heavy atom. The summed E-state index contributed by atoms with van der Waals surface area (Å²) in [4.78, 5) is 14.1. The normalized spacial score (nSPS) is 18.9. The third kappa shape index (κ3) is 4.37. The quantitative estimate of drug-likeness (QED) is 0.817. The molecule has 116 valence electrons. The van der Waals surface area contributed by atoms with E-state index in [-0.39, 0.29) is 12.1 Å². The zero-order valence-corrected chi connectivity index (χ0v) is 14.4. The first-order chi connectivity index (χ1) is 9.76. The summed E-state index contributed by atoms with van der Waals surface area (Å²) < 4.78 is 6.39. The van der Waals surface area contributed by atoms with E-state index in [1.54, 1.807) is 0 Å². The molecule has 4 nitrogen and oxygen atoms in total. The molecule has 0 aromatic heterocycles. The molecule has 1 atom stereocenters. The molecule has 1 fully saturated rings. The molecule has 1 aromatic rings. The van der Waals surface area contributed by atoms with Gasteiger partial charge in [-0.05, 0) is 73.7 Å². The van der Waals surface area contributed by atoms with Crippen LogP contribution in [-0.4, -0.2) is 29.2 Å². The van der Waals surface area contributed by atoms with Crippen LogP contribution in [0.15, 0.2) is 22.7 Å². The van der Waals surface area contributed by atoms with E-state index in [4.69, 9.17) is 10.5 Å². The van der Waals surface area contributed by atoms with Gasteiger partial charge < -0.3 is 15.4 Å². The van der Waals surface area contributed by atoms with Crippen LogP contribution >= 0.6 is 15.9 Å². The number of carbonyl (C=O) groups is 1. The first kappa shape index (κ1) is 16.1. The molecule has 1 heterocycles. The molecule has 0 saturated carbocycles. The monoisotopic (exact) mass is 354 g/mol. The number of carbonyl (C=O) groups excluding carboxylic acids is 1. The van der Waals surface area contributed by atoms with Gasteiger partial charge in [-0.15, -0.1) is 0 Å². The summed E-state index contributed by atoms with van der Waals surface area (Å²) in [6.07, 6.45) is 2.64. The van der Waals surface area contributed by atoms with Crippen molar-refractivity contribution in [2.75, 3.05) is 12.3 Å². The molecule has 1 saturated heterocycles. The molecule has 0 bridgehead atoms. The van der Waals surface area contributed by atoms with Crippen LogP contribution in [0.5, 0.6) is 0 Å². The van der Waals surface area contributed by atoms with Crippen molar-refractivity contribution < 1.29 is 9.53 Å². The van der Waals surface area contributed by atoms with Gasteiger partial charge in [-0.2, -0.15) is 0 Å². The second-order valence-electron chi connectivity index (χ2n) is 6.53.